The van der Waals surface area contributed by atoms with E-state index < -0.39 is 0 Å². The summed E-state index contributed by atoms with van der Waals surface area (Å²) in [5.74, 6) is 1.13. The van der Waals surface area contributed by atoms with Gasteiger partial charge in [0.15, 0.2) is 0 Å². The van der Waals surface area contributed by atoms with Crippen LogP contribution in [-0.2, 0) is 6.42 Å². The number of hydrogen-bond acceptors (Lipinski definition) is 3. The van der Waals surface area contributed by atoms with Crippen molar-refractivity contribution in [1.82, 2.24) is 20.2 Å². The zero-order chi connectivity index (χ0) is 19.1. The van der Waals surface area contributed by atoms with Crippen LogP contribution in [0.25, 0.3) is 10.9 Å². The van der Waals surface area contributed by atoms with Crippen LogP contribution < -0.4 is 5.32 Å². The Morgan fingerprint density at radius 1 is 1.32 bits per heavy atom. The minimum Gasteiger partial charge on any atom is -0.361 e. The van der Waals surface area contributed by atoms with Gasteiger partial charge in [-0.2, -0.15) is 0 Å². The number of amides is 1. The van der Waals surface area contributed by atoms with Gasteiger partial charge in [0.25, 0.3) is 5.91 Å². The van der Waals surface area contributed by atoms with E-state index in [1.54, 1.807) is 24.5 Å². The average molecular weight is 374 g/mol. The van der Waals surface area contributed by atoms with Crippen LogP contribution in [0.3, 0.4) is 0 Å². The van der Waals surface area contributed by atoms with Crippen molar-refractivity contribution in [3.63, 3.8) is 0 Å². The molecule has 0 bridgehead atoms. The first-order chi connectivity index (χ1) is 13.7. The minimum atomic E-state index is -0.0328. The average Bonchev–Trinajstić information content (AvgIpc) is 3.14. The number of likely N-dealkylation sites (tertiary alicyclic amines) is 1. The molecule has 2 aliphatic rings. The third-order valence-corrected chi connectivity index (χ3v) is 6.57. The van der Waals surface area contributed by atoms with Crippen LogP contribution in [0.1, 0.15) is 40.2 Å². The van der Waals surface area contributed by atoms with Gasteiger partial charge in [0.2, 0.25) is 0 Å². The van der Waals surface area contributed by atoms with Crippen LogP contribution in [0.5, 0.6) is 0 Å². The minimum absolute atomic E-state index is 0.0328. The molecule has 1 aliphatic heterocycles. The number of fused-ring (bicyclic) bond motifs is 2. The number of carbonyl (C=O) groups excluding carboxylic acids is 1. The molecule has 0 spiro atoms. The molecule has 3 aromatic rings. The van der Waals surface area contributed by atoms with Crippen LogP contribution >= 0.6 is 0 Å². The summed E-state index contributed by atoms with van der Waals surface area (Å²) in [6.45, 7) is 1.81. The number of rotatable bonds is 4. The third-order valence-electron chi connectivity index (χ3n) is 6.57. The topological polar surface area (TPSA) is 61.0 Å². The summed E-state index contributed by atoms with van der Waals surface area (Å²) < 4.78 is 0. The molecule has 28 heavy (non-hydrogen) atoms. The molecule has 3 heterocycles. The van der Waals surface area contributed by atoms with Gasteiger partial charge in [-0.05, 0) is 61.6 Å². The number of hydrogen-bond donors (Lipinski definition) is 2. The smallest absolute Gasteiger partial charge is 0.252 e. The summed E-state index contributed by atoms with van der Waals surface area (Å²) in [4.78, 5) is 22.3. The first-order valence-corrected chi connectivity index (χ1v) is 10.2. The summed E-state index contributed by atoms with van der Waals surface area (Å²) in [5, 5.41) is 4.51. The fourth-order valence-corrected chi connectivity index (χ4v) is 5.25. The maximum atomic E-state index is 12.2. The molecule has 3 atom stereocenters. The highest BCUT2D eigenvalue weighted by molar-refractivity contribution is 5.93. The number of carbonyl (C=O) groups is 1. The van der Waals surface area contributed by atoms with Gasteiger partial charge in [-0.1, -0.05) is 12.1 Å². The number of nitrogens with one attached hydrogen (secondary N) is 2. The molecule has 2 aromatic heterocycles. The largest absolute Gasteiger partial charge is 0.361 e. The molecular weight excluding hydrogens is 348 g/mol. The number of benzene rings is 1. The highest BCUT2D eigenvalue weighted by Gasteiger charge is 2.39. The zero-order valence-corrected chi connectivity index (χ0v) is 16.2. The second-order valence-corrected chi connectivity index (χ2v) is 8.29. The lowest BCUT2D eigenvalue weighted by molar-refractivity contribution is 0.0926. The number of aromatic amines is 1. The highest BCUT2D eigenvalue weighted by Crippen LogP contribution is 2.44. The van der Waals surface area contributed by atoms with Gasteiger partial charge in [0.05, 0.1) is 5.56 Å². The van der Waals surface area contributed by atoms with E-state index in [-0.39, 0.29) is 5.91 Å². The Kier molecular flexibility index (Phi) is 4.40. The van der Waals surface area contributed by atoms with Gasteiger partial charge in [-0.25, -0.2) is 0 Å². The molecule has 5 rings (SSSR count). The number of H-pyrrole nitrogens is 1. The quantitative estimate of drug-likeness (QED) is 0.736. The van der Waals surface area contributed by atoms with E-state index in [0.29, 0.717) is 30.0 Å². The predicted molar refractivity (Wildman–Crippen MR) is 110 cm³/mol. The second kappa shape index (κ2) is 7.06. The molecule has 1 aromatic carbocycles. The molecule has 1 unspecified atom stereocenters. The zero-order valence-electron chi connectivity index (χ0n) is 16.2. The van der Waals surface area contributed by atoms with Gasteiger partial charge < -0.3 is 15.2 Å². The van der Waals surface area contributed by atoms with Gasteiger partial charge in [-0.3, -0.25) is 9.78 Å². The van der Waals surface area contributed by atoms with Crippen LogP contribution in [-0.4, -0.2) is 47.0 Å². The van der Waals surface area contributed by atoms with Crippen LogP contribution in [0.4, 0.5) is 0 Å². The molecule has 5 heteroatoms. The lowest BCUT2D eigenvalue weighted by Crippen LogP contribution is -2.48. The van der Waals surface area contributed by atoms with Crippen molar-refractivity contribution >= 4 is 16.8 Å². The second-order valence-electron chi connectivity index (χ2n) is 8.29. The van der Waals surface area contributed by atoms with Crippen molar-refractivity contribution in [3.8, 4) is 0 Å². The molecule has 1 aliphatic carbocycles. The monoisotopic (exact) mass is 374 g/mol. The van der Waals surface area contributed by atoms with Crippen molar-refractivity contribution in [2.45, 2.75) is 31.2 Å². The summed E-state index contributed by atoms with van der Waals surface area (Å²) in [7, 11) is 2.26. The normalized spacial score (nSPS) is 24.1. The Morgan fingerprint density at radius 2 is 2.25 bits per heavy atom. The molecule has 0 saturated carbocycles. The van der Waals surface area contributed by atoms with E-state index in [2.05, 4.69) is 51.6 Å². The fraction of sp³-hybridized carbons (Fsp3) is 0.391. The van der Waals surface area contributed by atoms with E-state index in [0.717, 1.165) is 19.4 Å². The number of aromatic nitrogens is 2. The number of nitrogens with zero attached hydrogens (tertiary/aromatic N) is 2. The first-order valence-electron chi connectivity index (χ1n) is 10.2. The van der Waals surface area contributed by atoms with Crippen LogP contribution in [0, 0.1) is 5.92 Å². The molecule has 144 valence electrons. The molecule has 5 nitrogen and oxygen atoms in total. The first kappa shape index (κ1) is 17.4. The number of piperidine rings is 1. The van der Waals surface area contributed by atoms with Crippen molar-refractivity contribution in [1.29, 1.82) is 0 Å². The Labute approximate surface area is 165 Å². The summed E-state index contributed by atoms with van der Waals surface area (Å²) in [6.07, 6.45) is 8.83. The standard InChI is InChI=1S/C23H26N4O/c1-27-14-15(7-9-25-23(28)16-4-3-8-24-12-16)10-19-18-5-2-6-20-22(18)17(13-26-20)11-21(19)27/h2-6,8,12-13,15,19,21,26H,7,9-11,14H2,1H3,(H,25,28)/t15-,19?,21-/m1/s1. The molecule has 1 saturated heterocycles. The summed E-state index contributed by atoms with van der Waals surface area (Å²) >= 11 is 0. The van der Waals surface area contributed by atoms with Crippen LogP contribution in [0.15, 0.2) is 48.9 Å². The Bertz CT molecular complexity index is 996. The van der Waals surface area contributed by atoms with Crippen molar-refractivity contribution in [2.75, 3.05) is 20.1 Å². The van der Waals surface area contributed by atoms with Gasteiger partial charge in [0.1, 0.15) is 0 Å². The molecular formula is C23H26N4O. The van der Waals surface area contributed by atoms with Crippen LogP contribution in [0.2, 0.25) is 0 Å². The van der Waals surface area contributed by atoms with E-state index >= 15 is 0 Å². The van der Waals surface area contributed by atoms with Gasteiger partial charge in [-0.15, -0.1) is 0 Å². The molecule has 0 radical (unpaired) electrons. The lowest BCUT2D eigenvalue weighted by Gasteiger charge is -2.45. The summed E-state index contributed by atoms with van der Waals surface area (Å²) in [5.41, 5.74) is 4.85. The molecule has 1 fully saturated rings. The highest BCUT2D eigenvalue weighted by atomic mass is 16.1. The Balaban J connectivity index is 1.28. The molecule has 1 amide bonds. The predicted octanol–water partition coefficient (Wildman–Crippen LogP) is 3.34. The molecule has 2 N–H and O–H groups in total. The Hall–Kier alpha value is -2.66. The summed E-state index contributed by atoms with van der Waals surface area (Å²) in [6, 6.07) is 10.9. The van der Waals surface area contributed by atoms with Gasteiger partial charge in [0, 0.05) is 54.5 Å². The van der Waals surface area contributed by atoms with Crippen molar-refractivity contribution < 1.29 is 4.79 Å². The fourth-order valence-electron chi connectivity index (χ4n) is 5.25. The van der Waals surface area contributed by atoms with E-state index in [9.17, 15) is 4.79 Å². The Morgan fingerprint density at radius 3 is 3.11 bits per heavy atom. The van der Waals surface area contributed by atoms with E-state index in [4.69, 9.17) is 0 Å². The third kappa shape index (κ3) is 3.00. The van der Waals surface area contributed by atoms with Crippen molar-refractivity contribution in [2.24, 2.45) is 5.92 Å². The lowest BCUT2D eigenvalue weighted by atomic mass is 9.72. The van der Waals surface area contributed by atoms with E-state index in [1.807, 2.05) is 0 Å². The maximum Gasteiger partial charge on any atom is 0.252 e. The number of pyridine rings is 1. The number of likely N-dealkylation sites (N-methyl/N-ethyl adjacent to an activating group) is 1. The maximum absolute atomic E-state index is 12.2. The van der Waals surface area contributed by atoms with E-state index in [1.165, 1.54) is 28.5 Å². The van der Waals surface area contributed by atoms with Gasteiger partial charge >= 0.3 is 0 Å². The van der Waals surface area contributed by atoms with Crippen molar-refractivity contribution in [3.05, 3.63) is 65.6 Å². The SMILES string of the molecule is CN1C[C@H](CCNC(=O)c2cccnc2)CC2c3cccc4[nH]cc(c34)C[C@H]21.